The molecule has 2 atom stereocenters. The molecule has 1 fully saturated rings. The lowest BCUT2D eigenvalue weighted by Gasteiger charge is -2.22. The summed E-state index contributed by atoms with van der Waals surface area (Å²) in [6.45, 7) is 5.12. The molecule has 0 bridgehead atoms. The normalized spacial score (nSPS) is 22.0. The number of imide groups is 1. The number of amides is 4. The molecule has 1 aromatic rings. The molecule has 7 heteroatoms. The molecule has 0 aromatic heterocycles. The van der Waals surface area contributed by atoms with E-state index in [0.29, 0.717) is 10.6 Å². The Hall–Kier alpha value is -2.08. The number of urea groups is 1. The second-order valence-corrected chi connectivity index (χ2v) is 6.27. The van der Waals surface area contributed by atoms with E-state index in [9.17, 15) is 14.4 Å². The van der Waals surface area contributed by atoms with Crippen molar-refractivity contribution in [3.63, 3.8) is 0 Å². The Morgan fingerprint density at radius 3 is 2.52 bits per heavy atom. The van der Waals surface area contributed by atoms with Crippen LogP contribution < -0.4 is 10.6 Å². The van der Waals surface area contributed by atoms with Gasteiger partial charge in [-0.25, -0.2) is 4.79 Å². The zero-order chi connectivity index (χ0) is 17.2. The van der Waals surface area contributed by atoms with Gasteiger partial charge in [0.05, 0.1) is 0 Å². The zero-order valence-electron chi connectivity index (χ0n) is 13.4. The zero-order valence-corrected chi connectivity index (χ0v) is 14.1. The topological polar surface area (TPSA) is 78.5 Å². The van der Waals surface area contributed by atoms with Crippen molar-refractivity contribution in [3.8, 4) is 0 Å². The Morgan fingerprint density at radius 2 is 1.96 bits per heavy atom. The van der Waals surface area contributed by atoms with Crippen molar-refractivity contribution in [1.29, 1.82) is 0 Å². The van der Waals surface area contributed by atoms with E-state index in [0.717, 1.165) is 11.3 Å². The van der Waals surface area contributed by atoms with E-state index in [1.54, 1.807) is 31.2 Å². The van der Waals surface area contributed by atoms with Crippen LogP contribution in [0.25, 0.3) is 0 Å². The predicted octanol–water partition coefficient (Wildman–Crippen LogP) is 2.02. The summed E-state index contributed by atoms with van der Waals surface area (Å²) in [4.78, 5) is 37.6. The van der Waals surface area contributed by atoms with Crippen molar-refractivity contribution >= 4 is 29.4 Å². The standard InChI is InChI=1S/C16H20ClN3O3/c1-4-10(2)18-13(21)9-20-14(22)16(3,19-15(20)23)11-5-7-12(17)8-6-11/h5-8,10H,4,9H2,1-3H3,(H,18,21)(H,19,23)/t10-,16-/m1/s1. The molecule has 2 N–H and O–H groups in total. The highest BCUT2D eigenvalue weighted by atomic mass is 35.5. The first kappa shape index (κ1) is 17.3. The minimum Gasteiger partial charge on any atom is -0.352 e. The van der Waals surface area contributed by atoms with Crippen LogP contribution in [0.2, 0.25) is 5.02 Å². The molecular weight excluding hydrogens is 318 g/mol. The van der Waals surface area contributed by atoms with Crippen molar-refractivity contribution < 1.29 is 14.4 Å². The SMILES string of the molecule is CC[C@@H](C)NC(=O)CN1C(=O)N[C@](C)(c2ccc(Cl)cc2)C1=O. The summed E-state index contributed by atoms with van der Waals surface area (Å²) in [5, 5.41) is 5.94. The van der Waals surface area contributed by atoms with E-state index in [-0.39, 0.29) is 18.5 Å². The van der Waals surface area contributed by atoms with Crippen LogP contribution in [0.15, 0.2) is 24.3 Å². The van der Waals surface area contributed by atoms with Crippen LogP contribution in [0.1, 0.15) is 32.8 Å². The summed E-state index contributed by atoms with van der Waals surface area (Å²) in [7, 11) is 0. The number of carbonyl (C=O) groups is 3. The first-order valence-electron chi connectivity index (χ1n) is 7.47. The molecule has 0 aliphatic carbocycles. The summed E-state index contributed by atoms with van der Waals surface area (Å²) in [5.41, 5.74) is -0.580. The summed E-state index contributed by atoms with van der Waals surface area (Å²) in [5.74, 6) is -0.813. The van der Waals surface area contributed by atoms with Crippen molar-refractivity contribution in [2.45, 2.75) is 38.8 Å². The molecule has 124 valence electrons. The molecule has 0 unspecified atom stereocenters. The third-order valence-corrected chi connectivity index (χ3v) is 4.27. The quantitative estimate of drug-likeness (QED) is 0.807. The van der Waals surface area contributed by atoms with Crippen LogP contribution in [0.5, 0.6) is 0 Å². The number of rotatable bonds is 5. The average molecular weight is 338 g/mol. The van der Waals surface area contributed by atoms with Gasteiger partial charge >= 0.3 is 6.03 Å². The number of nitrogens with zero attached hydrogens (tertiary/aromatic N) is 1. The monoisotopic (exact) mass is 337 g/mol. The van der Waals surface area contributed by atoms with E-state index in [1.807, 2.05) is 13.8 Å². The van der Waals surface area contributed by atoms with E-state index in [2.05, 4.69) is 10.6 Å². The van der Waals surface area contributed by atoms with Crippen molar-refractivity contribution in [3.05, 3.63) is 34.9 Å². The fraction of sp³-hybridized carbons (Fsp3) is 0.438. The van der Waals surface area contributed by atoms with Crippen LogP contribution in [0, 0.1) is 0 Å². The van der Waals surface area contributed by atoms with Gasteiger partial charge in [0.1, 0.15) is 12.1 Å². The summed E-state index contributed by atoms with van der Waals surface area (Å²) in [6.07, 6.45) is 0.772. The first-order chi connectivity index (χ1) is 10.8. The van der Waals surface area contributed by atoms with Gasteiger partial charge in [-0.3, -0.25) is 14.5 Å². The fourth-order valence-corrected chi connectivity index (χ4v) is 2.51. The predicted molar refractivity (Wildman–Crippen MR) is 86.9 cm³/mol. The van der Waals surface area contributed by atoms with Gasteiger partial charge in [-0.15, -0.1) is 0 Å². The molecule has 0 spiro atoms. The molecule has 0 radical (unpaired) electrons. The van der Waals surface area contributed by atoms with Gasteiger partial charge in [-0.1, -0.05) is 30.7 Å². The highest BCUT2D eigenvalue weighted by Crippen LogP contribution is 2.29. The third-order valence-electron chi connectivity index (χ3n) is 4.02. The third kappa shape index (κ3) is 3.47. The maximum absolute atomic E-state index is 12.6. The van der Waals surface area contributed by atoms with Gasteiger partial charge < -0.3 is 10.6 Å². The van der Waals surface area contributed by atoms with Gasteiger partial charge in [-0.2, -0.15) is 0 Å². The van der Waals surface area contributed by atoms with E-state index >= 15 is 0 Å². The van der Waals surface area contributed by atoms with E-state index < -0.39 is 17.5 Å². The van der Waals surface area contributed by atoms with Gasteiger partial charge in [0.25, 0.3) is 5.91 Å². The lowest BCUT2D eigenvalue weighted by atomic mass is 9.92. The Bertz CT molecular complexity index is 632. The number of benzene rings is 1. The molecule has 23 heavy (non-hydrogen) atoms. The molecule has 1 aromatic carbocycles. The van der Waals surface area contributed by atoms with Crippen LogP contribution in [-0.2, 0) is 15.1 Å². The van der Waals surface area contributed by atoms with Crippen LogP contribution in [-0.4, -0.2) is 35.3 Å². The number of hydrogen-bond acceptors (Lipinski definition) is 3. The van der Waals surface area contributed by atoms with Gasteiger partial charge in [-0.05, 0) is 38.0 Å². The Morgan fingerprint density at radius 1 is 1.35 bits per heavy atom. The maximum Gasteiger partial charge on any atom is 0.325 e. The van der Waals surface area contributed by atoms with E-state index in [1.165, 1.54) is 0 Å². The molecule has 1 aliphatic rings. The average Bonchev–Trinajstić information content (AvgIpc) is 2.72. The van der Waals surface area contributed by atoms with Crippen LogP contribution >= 0.6 is 11.6 Å². The Kier molecular flexibility index (Phi) is 4.94. The second kappa shape index (κ2) is 6.58. The maximum atomic E-state index is 12.6. The fourth-order valence-electron chi connectivity index (χ4n) is 2.39. The highest BCUT2D eigenvalue weighted by Gasteiger charge is 2.49. The number of hydrogen-bond donors (Lipinski definition) is 2. The first-order valence-corrected chi connectivity index (χ1v) is 7.85. The minimum absolute atomic E-state index is 0.00841. The number of carbonyl (C=O) groups excluding carboxylic acids is 3. The number of nitrogens with one attached hydrogen (secondary N) is 2. The van der Waals surface area contributed by atoms with Gasteiger partial charge in [0.2, 0.25) is 5.91 Å². The smallest absolute Gasteiger partial charge is 0.325 e. The largest absolute Gasteiger partial charge is 0.352 e. The van der Waals surface area contributed by atoms with Crippen LogP contribution in [0.4, 0.5) is 4.79 Å². The number of halogens is 1. The molecule has 1 saturated heterocycles. The summed E-state index contributed by atoms with van der Waals surface area (Å²) >= 11 is 5.85. The highest BCUT2D eigenvalue weighted by molar-refractivity contribution is 6.30. The van der Waals surface area contributed by atoms with Crippen LogP contribution in [0.3, 0.4) is 0 Å². The van der Waals surface area contributed by atoms with Crippen molar-refractivity contribution in [2.24, 2.45) is 0 Å². The van der Waals surface area contributed by atoms with Crippen molar-refractivity contribution in [2.75, 3.05) is 6.54 Å². The molecule has 0 saturated carbocycles. The molecule has 6 nitrogen and oxygen atoms in total. The Labute approximate surface area is 140 Å². The van der Waals surface area contributed by atoms with Crippen molar-refractivity contribution in [1.82, 2.24) is 15.5 Å². The molecule has 2 rings (SSSR count). The molecule has 1 aliphatic heterocycles. The van der Waals surface area contributed by atoms with E-state index in [4.69, 9.17) is 11.6 Å². The van der Waals surface area contributed by atoms with Gasteiger partial charge in [0, 0.05) is 11.1 Å². The molecule has 1 heterocycles. The lowest BCUT2D eigenvalue weighted by molar-refractivity contribution is -0.135. The lowest BCUT2D eigenvalue weighted by Crippen LogP contribution is -2.44. The summed E-state index contributed by atoms with van der Waals surface area (Å²) < 4.78 is 0. The Balaban J connectivity index is 2.16. The molecular formula is C16H20ClN3O3. The summed E-state index contributed by atoms with van der Waals surface area (Å²) in [6, 6.07) is 6.09. The molecule has 4 amide bonds. The second-order valence-electron chi connectivity index (χ2n) is 5.83. The van der Waals surface area contributed by atoms with Gasteiger partial charge in [0.15, 0.2) is 0 Å². The minimum atomic E-state index is -1.20.